The number of fused-ring (bicyclic) bond motifs is 2. The average molecular weight is 350 g/mol. The van der Waals surface area contributed by atoms with Gasteiger partial charge < -0.3 is 9.64 Å². The second-order valence-corrected chi connectivity index (χ2v) is 7.83. The molecule has 2 heterocycles. The Morgan fingerprint density at radius 2 is 1.77 bits per heavy atom. The number of rotatable bonds is 1. The molecule has 2 aliphatic rings. The van der Waals surface area contributed by atoms with Crippen molar-refractivity contribution in [1.82, 2.24) is 0 Å². The Morgan fingerprint density at radius 1 is 1.04 bits per heavy atom. The van der Waals surface area contributed by atoms with Crippen LogP contribution in [-0.2, 0) is 9.59 Å². The van der Waals surface area contributed by atoms with E-state index < -0.39 is 6.04 Å². The molecule has 0 N–H and O–H groups in total. The predicted octanol–water partition coefficient (Wildman–Crippen LogP) is 3.61. The lowest BCUT2D eigenvalue weighted by Gasteiger charge is -2.36. The van der Waals surface area contributed by atoms with Crippen molar-refractivity contribution >= 4 is 23.2 Å². The van der Waals surface area contributed by atoms with E-state index in [0.717, 1.165) is 16.8 Å². The lowest BCUT2D eigenvalue weighted by atomic mass is 10.0. The van der Waals surface area contributed by atoms with Crippen LogP contribution in [0.5, 0.6) is 5.75 Å². The highest BCUT2D eigenvalue weighted by Gasteiger charge is 2.48. The van der Waals surface area contributed by atoms with Crippen LogP contribution in [0.1, 0.15) is 37.9 Å². The Morgan fingerprint density at radius 3 is 2.50 bits per heavy atom. The molecule has 1 atom stereocenters. The number of hydrogen-bond acceptors (Lipinski definition) is 3. The quantitative estimate of drug-likeness (QED) is 0.789. The Bertz CT molecular complexity index is 914. The molecule has 26 heavy (non-hydrogen) atoms. The lowest BCUT2D eigenvalue weighted by molar-refractivity contribution is -0.126. The van der Waals surface area contributed by atoms with Crippen LogP contribution in [0.15, 0.2) is 42.5 Å². The molecule has 2 aliphatic heterocycles. The number of benzene rings is 2. The van der Waals surface area contributed by atoms with Crippen molar-refractivity contribution in [2.75, 3.05) is 16.4 Å². The van der Waals surface area contributed by atoms with Gasteiger partial charge in [0.05, 0.1) is 11.4 Å². The van der Waals surface area contributed by atoms with Crippen LogP contribution in [0.25, 0.3) is 0 Å². The Hall–Kier alpha value is -2.82. The molecule has 2 aromatic carbocycles. The fourth-order valence-electron chi connectivity index (χ4n) is 3.80. The third kappa shape index (κ3) is 2.38. The number of aryl methyl sites for hydroxylation is 1. The summed E-state index contributed by atoms with van der Waals surface area (Å²) in [5.74, 6) is 0.356. The van der Waals surface area contributed by atoms with Crippen molar-refractivity contribution in [2.45, 2.75) is 39.3 Å². The molecule has 0 spiro atoms. The van der Waals surface area contributed by atoms with E-state index in [4.69, 9.17) is 4.74 Å². The molecule has 2 aromatic rings. The van der Waals surface area contributed by atoms with E-state index in [9.17, 15) is 9.59 Å². The summed E-state index contributed by atoms with van der Waals surface area (Å²) < 4.78 is 5.61. The van der Waals surface area contributed by atoms with Crippen molar-refractivity contribution in [3.05, 3.63) is 53.6 Å². The Kier molecular flexibility index (Phi) is 3.58. The molecule has 0 aromatic heterocycles. The van der Waals surface area contributed by atoms with Gasteiger partial charge in [-0.15, -0.1) is 0 Å². The summed E-state index contributed by atoms with van der Waals surface area (Å²) in [4.78, 5) is 29.6. The maximum Gasteiger partial charge on any atom is 0.266 e. The largest absolute Gasteiger partial charge is 0.482 e. The first-order chi connectivity index (χ1) is 12.3. The highest BCUT2D eigenvalue weighted by molar-refractivity contribution is 6.13. The number of para-hydroxylation sites is 1. The zero-order chi connectivity index (χ0) is 18.6. The van der Waals surface area contributed by atoms with Crippen molar-refractivity contribution in [2.24, 2.45) is 0 Å². The second kappa shape index (κ2) is 5.59. The molecule has 134 valence electrons. The molecule has 4 rings (SSSR count). The SMILES string of the molecule is Cc1ccc2c(c1)OCC(=O)N2C1C(=O)N(C(C)(C)C)c2ccccc21. The van der Waals surface area contributed by atoms with Crippen LogP contribution in [0.4, 0.5) is 11.4 Å². The Balaban J connectivity index is 1.89. The molecule has 0 aliphatic carbocycles. The van der Waals surface area contributed by atoms with Crippen molar-refractivity contribution in [1.29, 1.82) is 0 Å². The van der Waals surface area contributed by atoms with Crippen LogP contribution in [0, 0.1) is 6.92 Å². The fourth-order valence-corrected chi connectivity index (χ4v) is 3.80. The molecule has 0 saturated carbocycles. The monoisotopic (exact) mass is 350 g/mol. The molecule has 0 bridgehead atoms. The summed E-state index contributed by atoms with van der Waals surface area (Å²) >= 11 is 0. The summed E-state index contributed by atoms with van der Waals surface area (Å²) in [6.45, 7) is 7.92. The lowest BCUT2D eigenvalue weighted by Crippen LogP contribution is -2.49. The van der Waals surface area contributed by atoms with Crippen molar-refractivity contribution < 1.29 is 14.3 Å². The number of carbonyl (C=O) groups is 2. The number of carbonyl (C=O) groups excluding carboxylic acids is 2. The van der Waals surface area contributed by atoms with Gasteiger partial charge in [0.2, 0.25) is 0 Å². The van der Waals surface area contributed by atoms with Gasteiger partial charge in [-0.3, -0.25) is 14.5 Å². The number of amides is 2. The standard InChI is InChI=1S/C21H22N2O3/c1-13-9-10-16-17(11-13)26-12-18(24)22(16)19-14-7-5-6-8-15(14)23(20(19)25)21(2,3)4/h5-11,19H,12H2,1-4H3. The minimum Gasteiger partial charge on any atom is -0.482 e. The molecule has 1 unspecified atom stereocenters. The summed E-state index contributed by atoms with van der Waals surface area (Å²) in [5.41, 5.74) is 3.04. The summed E-state index contributed by atoms with van der Waals surface area (Å²) in [7, 11) is 0. The molecular weight excluding hydrogens is 328 g/mol. The number of hydrogen-bond donors (Lipinski definition) is 0. The summed E-state index contributed by atoms with van der Waals surface area (Å²) in [5, 5.41) is 0. The van der Waals surface area contributed by atoms with Crippen molar-refractivity contribution in [3.63, 3.8) is 0 Å². The zero-order valence-corrected chi connectivity index (χ0v) is 15.4. The van der Waals surface area contributed by atoms with E-state index in [0.29, 0.717) is 11.4 Å². The number of anilines is 2. The van der Waals surface area contributed by atoms with E-state index in [2.05, 4.69) is 0 Å². The van der Waals surface area contributed by atoms with E-state index in [1.807, 2.05) is 70.2 Å². The van der Waals surface area contributed by atoms with Crippen molar-refractivity contribution in [3.8, 4) is 5.75 Å². The maximum atomic E-state index is 13.4. The van der Waals surface area contributed by atoms with Gasteiger partial charge in [0.1, 0.15) is 11.8 Å². The zero-order valence-electron chi connectivity index (χ0n) is 15.4. The molecule has 0 radical (unpaired) electrons. The molecule has 5 heteroatoms. The van der Waals surface area contributed by atoms with Crippen LogP contribution in [-0.4, -0.2) is 24.0 Å². The van der Waals surface area contributed by atoms with Gasteiger partial charge in [-0.1, -0.05) is 24.3 Å². The smallest absolute Gasteiger partial charge is 0.266 e. The van der Waals surface area contributed by atoms with Gasteiger partial charge in [-0.2, -0.15) is 0 Å². The number of ether oxygens (including phenoxy) is 1. The maximum absolute atomic E-state index is 13.4. The molecule has 0 fully saturated rings. The fraction of sp³-hybridized carbons (Fsp3) is 0.333. The van der Waals surface area contributed by atoms with Gasteiger partial charge >= 0.3 is 0 Å². The predicted molar refractivity (Wildman–Crippen MR) is 101 cm³/mol. The Labute approximate surface area is 153 Å². The molecule has 5 nitrogen and oxygen atoms in total. The second-order valence-electron chi connectivity index (χ2n) is 7.83. The first kappa shape index (κ1) is 16.6. The van der Waals surface area contributed by atoms with E-state index >= 15 is 0 Å². The van der Waals surface area contributed by atoms with Gasteiger partial charge in [0.25, 0.3) is 11.8 Å². The van der Waals surface area contributed by atoms with E-state index in [1.54, 1.807) is 9.80 Å². The van der Waals surface area contributed by atoms with Crippen LogP contribution in [0.3, 0.4) is 0 Å². The highest BCUT2D eigenvalue weighted by Crippen LogP contribution is 2.46. The van der Waals surface area contributed by atoms with Gasteiger partial charge in [-0.25, -0.2) is 0 Å². The topological polar surface area (TPSA) is 49.9 Å². The van der Waals surface area contributed by atoms with Gasteiger partial charge in [-0.05, 0) is 51.5 Å². The third-order valence-electron chi connectivity index (χ3n) is 4.85. The highest BCUT2D eigenvalue weighted by atomic mass is 16.5. The third-order valence-corrected chi connectivity index (χ3v) is 4.85. The van der Waals surface area contributed by atoms with E-state index in [-0.39, 0.29) is 24.0 Å². The minimum absolute atomic E-state index is 0.0576. The van der Waals surface area contributed by atoms with Crippen LogP contribution >= 0.6 is 0 Å². The normalized spacial score (nSPS) is 19.3. The van der Waals surface area contributed by atoms with Crippen LogP contribution < -0.4 is 14.5 Å². The summed E-state index contributed by atoms with van der Waals surface area (Å²) in [6.07, 6.45) is 0. The number of nitrogens with zero attached hydrogens (tertiary/aromatic N) is 2. The first-order valence-electron chi connectivity index (χ1n) is 8.77. The summed E-state index contributed by atoms with van der Waals surface area (Å²) in [6, 6.07) is 12.7. The van der Waals surface area contributed by atoms with Crippen LogP contribution in [0.2, 0.25) is 0 Å². The van der Waals surface area contributed by atoms with Gasteiger partial charge in [0, 0.05) is 11.1 Å². The molecular formula is C21H22N2O3. The average Bonchev–Trinajstić information content (AvgIpc) is 2.87. The van der Waals surface area contributed by atoms with Gasteiger partial charge in [0.15, 0.2) is 6.61 Å². The minimum atomic E-state index is -0.664. The van der Waals surface area contributed by atoms with E-state index in [1.165, 1.54) is 0 Å². The first-order valence-corrected chi connectivity index (χ1v) is 8.77. The molecule has 0 saturated heterocycles. The molecule has 2 amide bonds.